The van der Waals surface area contributed by atoms with Gasteiger partial charge in [0.05, 0.1) is 0 Å². The number of amides is 1. The summed E-state index contributed by atoms with van der Waals surface area (Å²) >= 11 is 0. The van der Waals surface area contributed by atoms with Crippen molar-refractivity contribution in [1.29, 1.82) is 0 Å². The first kappa shape index (κ1) is 17.3. The molecule has 1 aliphatic heterocycles. The SMILES string of the molecule is O=C(NC1CC1)c1cccc(CN2CCC(Cc3ccccc3)CC2)c1. The van der Waals surface area contributed by atoms with Crippen LogP contribution >= 0.6 is 0 Å². The Kier molecular flexibility index (Phi) is 5.35. The molecule has 0 radical (unpaired) electrons. The number of likely N-dealkylation sites (tertiary alicyclic amines) is 1. The number of nitrogens with zero attached hydrogens (tertiary/aromatic N) is 1. The van der Waals surface area contributed by atoms with E-state index in [0.29, 0.717) is 6.04 Å². The van der Waals surface area contributed by atoms with Crippen molar-refractivity contribution in [3.63, 3.8) is 0 Å². The zero-order valence-electron chi connectivity index (χ0n) is 15.4. The van der Waals surface area contributed by atoms with Crippen LogP contribution in [-0.4, -0.2) is 29.9 Å². The number of carbonyl (C=O) groups is 1. The van der Waals surface area contributed by atoms with Crippen LogP contribution < -0.4 is 5.32 Å². The molecule has 0 atom stereocenters. The Hall–Kier alpha value is -2.13. The van der Waals surface area contributed by atoms with Crippen molar-refractivity contribution in [1.82, 2.24) is 10.2 Å². The third kappa shape index (κ3) is 4.73. The lowest BCUT2D eigenvalue weighted by Crippen LogP contribution is -2.34. The molecule has 2 aromatic carbocycles. The highest BCUT2D eigenvalue weighted by atomic mass is 16.1. The Morgan fingerprint density at radius 1 is 0.923 bits per heavy atom. The van der Waals surface area contributed by atoms with Crippen LogP contribution in [0.1, 0.15) is 47.2 Å². The van der Waals surface area contributed by atoms with Crippen LogP contribution in [0.5, 0.6) is 0 Å². The Morgan fingerprint density at radius 3 is 2.38 bits per heavy atom. The molecule has 3 heteroatoms. The number of rotatable bonds is 6. The molecule has 1 aliphatic carbocycles. The summed E-state index contributed by atoms with van der Waals surface area (Å²) in [4.78, 5) is 14.8. The average molecular weight is 348 g/mol. The fourth-order valence-electron chi connectivity index (χ4n) is 3.86. The lowest BCUT2D eigenvalue weighted by atomic mass is 9.90. The van der Waals surface area contributed by atoms with E-state index in [4.69, 9.17) is 0 Å². The van der Waals surface area contributed by atoms with Crippen molar-refractivity contribution >= 4 is 5.91 Å². The molecular formula is C23H28N2O. The predicted octanol–water partition coefficient (Wildman–Crippen LogP) is 4.03. The highest BCUT2D eigenvalue weighted by Crippen LogP contribution is 2.23. The fraction of sp³-hybridized carbons (Fsp3) is 0.435. The zero-order valence-corrected chi connectivity index (χ0v) is 15.4. The standard InChI is InChI=1S/C23H28N2O/c26-23(24-22-9-10-22)21-8-4-7-20(16-21)17-25-13-11-19(12-14-25)15-18-5-2-1-3-6-18/h1-8,16,19,22H,9-15,17H2,(H,24,26). The summed E-state index contributed by atoms with van der Waals surface area (Å²) in [6.07, 6.45) is 5.98. The molecule has 0 spiro atoms. The van der Waals surface area contributed by atoms with Gasteiger partial charge in [-0.2, -0.15) is 0 Å². The number of hydrogen-bond donors (Lipinski definition) is 1. The molecule has 136 valence electrons. The molecule has 1 amide bonds. The fourth-order valence-corrected chi connectivity index (χ4v) is 3.86. The van der Waals surface area contributed by atoms with E-state index in [1.54, 1.807) is 0 Å². The molecule has 0 unspecified atom stereocenters. The minimum Gasteiger partial charge on any atom is -0.349 e. The molecule has 2 aliphatic rings. The van der Waals surface area contributed by atoms with E-state index in [1.807, 2.05) is 12.1 Å². The highest BCUT2D eigenvalue weighted by molar-refractivity contribution is 5.94. The second kappa shape index (κ2) is 8.05. The van der Waals surface area contributed by atoms with Gasteiger partial charge in [0.1, 0.15) is 0 Å². The molecule has 2 aromatic rings. The molecule has 1 N–H and O–H groups in total. The number of hydrogen-bond acceptors (Lipinski definition) is 2. The molecule has 0 aromatic heterocycles. The van der Waals surface area contributed by atoms with E-state index in [2.05, 4.69) is 52.7 Å². The molecule has 4 rings (SSSR count). The molecule has 1 saturated carbocycles. The van der Waals surface area contributed by atoms with Crippen molar-refractivity contribution < 1.29 is 4.79 Å². The van der Waals surface area contributed by atoms with Gasteiger partial charge in [0, 0.05) is 18.2 Å². The Morgan fingerprint density at radius 2 is 1.65 bits per heavy atom. The van der Waals surface area contributed by atoms with Crippen LogP contribution in [0.25, 0.3) is 0 Å². The summed E-state index contributed by atoms with van der Waals surface area (Å²) in [5, 5.41) is 3.08. The summed E-state index contributed by atoms with van der Waals surface area (Å²) in [6, 6.07) is 19.4. The summed E-state index contributed by atoms with van der Waals surface area (Å²) < 4.78 is 0. The van der Waals surface area contributed by atoms with Gasteiger partial charge in [0.25, 0.3) is 5.91 Å². The summed E-state index contributed by atoms with van der Waals surface area (Å²) in [6.45, 7) is 3.24. The number of piperidine rings is 1. The van der Waals surface area contributed by atoms with Gasteiger partial charge in [0.2, 0.25) is 0 Å². The molecule has 3 nitrogen and oxygen atoms in total. The quantitative estimate of drug-likeness (QED) is 0.855. The van der Waals surface area contributed by atoms with E-state index in [1.165, 1.54) is 30.4 Å². The van der Waals surface area contributed by atoms with E-state index in [0.717, 1.165) is 44.0 Å². The molecule has 1 heterocycles. The maximum atomic E-state index is 12.2. The molecule has 0 bridgehead atoms. The van der Waals surface area contributed by atoms with E-state index >= 15 is 0 Å². The predicted molar refractivity (Wildman–Crippen MR) is 105 cm³/mol. The average Bonchev–Trinajstić information content (AvgIpc) is 3.48. The van der Waals surface area contributed by atoms with Crippen LogP contribution in [0, 0.1) is 5.92 Å². The first-order valence-electron chi connectivity index (χ1n) is 9.92. The number of benzene rings is 2. The van der Waals surface area contributed by atoms with Gasteiger partial charge in [-0.1, -0.05) is 42.5 Å². The van der Waals surface area contributed by atoms with E-state index in [-0.39, 0.29) is 5.91 Å². The molecular weight excluding hydrogens is 320 g/mol. The topological polar surface area (TPSA) is 32.3 Å². The summed E-state index contributed by atoms with van der Waals surface area (Å²) in [5.41, 5.74) is 3.50. The Bertz CT molecular complexity index is 731. The van der Waals surface area contributed by atoms with Gasteiger partial charge >= 0.3 is 0 Å². The van der Waals surface area contributed by atoms with E-state index in [9.17, 15) is 4.79 Å². The normalized spacial score (nSPS) is 18.6. The van der Waals surface area contributed by atoms with Crippen molar-refractivity contribution in [2.45, 2.75) is 44.7 Å². The molecule has 2 fully saturated rings. The summed E-state index contributed by atoms with van der Waals surface area (Å²) in [7, 11) is 0. The smallest absolute Gasteiger partial charge is 0.251 e. The van der Waals surface area contributed by atoms with Crippen molar-refractivity contribution in [3.8, 4) is 0 Å². The lowest BCUT2D eigenvalue weighted by Gasteiger charge is -2.32. The van der Waals surface area contributed by atoms with Gasteiger partial charge in [-0.3, -0.25) is 9.69 Å². The van der Waals surface area contributed by atoms with Crippen LogP contribution in [0.15, 0.2) is 54.6 Å². The van der Waals surface area contributed by atoms with Crippen molar-refractivity contribution in [2.24, 2.45) is 5.92 Å². The summed E-state index contributed by atoms with van der Waals surface area (Å²) in [5.74, 6) is 0.875. The lowest BCUT2D eigenvalue weighted by molar-refractivity contribution is 0.0951. The third-order valence-corrected chi connectivity index (χ3v) is 5.58. The Balaban J connectivity index is 1.28. The monoisotopic (exact) mass is 348 g/mol. The van der Waals surface area contributed by atoms with Crippen molar-refractivity contribution in [3.05, 3.63) is 71.3 Å². The van der Waals surface area contributed by atoms with Crippen molar-refractivity contribution in [2.75, 3.05) is 13.1 Å². The van der Waals surface area contributed by atoms with Gasteiger partial charge in [-0.25, -0.2) is 0 Å². The van der Waals surface area contributed by atoms with Gasteiger partial charge in [0.15, 0.2) is 0 Å². The molecule has 26 heavy (non-hydrogen) atoms. The zero-order chi connectivity index (χ0) is 17.8. The largest absolute Gasteiger partial charge is 0.349 e. The number of nitrogens with one attached hydrogen (secondary N) is 1. The minimum atomic E-state index is 0.0796. The third-order valence-electron chi connectivity index (χ3n) is 5.58. The Labute approximate surface area is 156 Å². The first-order chi connectivity index (χ1) is 12.8. The maximum absolute atomic E-state index is 12.2. The van der Waals surface area contributed by atoms with Crippen LogP contribution in [-0.2, 0) is 13.0 Å². The van der Waals surface area contributed by atoms with Crippen LogP contribution in [0.3, 0.4) is 0 Å². The van der Waals surface area contributed by atoms with Crippen LogP contribution in [0.4, 0.5) is 0 Å². The second-order valence-corrected chi connectivity index (χ2v) is 7.86. The van der Waals surface area contributed by atoms with Crippen LogP contribution in [0.2, 0.25) is 0 Å². The second-order valence-electron chi connectivity index (χ2n) is 7.86. The van der Waals surface area contributed by atoms with Gasteiger partial charge in [-0.15, -0.1) is 0 Å². The maximum Gasteiger partial charge on any atom is 0.251 e. The first-order valence-corrected chi connectivity index (χ1v) is 9.92. The van der Waals surface area contributed by atoms with Gasteiger partial charge in [-0.05, 0) is 74.4 Å². The number of carbonyl (C=O) groups excluding carboxylic acids is 1. The van der Waals surface area contributed by atoms with E-state index < -0.39 is 0 Å². The minimum absolute atomic E-state index is 0.0796. The molecule has 1 saturated heterocycles. The van der Waals surface area contributed by atoms with Gasteiger partial charge < -0.3 is 5.32 Å². The highest BCUT2D eigenvalue weighted by Gasteiger charge is 2.24.